The number of fused-ring (bicyclic) bond motifs is 2. The molecule has 0 saturated carbocycles. The number of carbonyl (C=O) groups is 2. The van der Waals surface area contributed by atoms with Crippen molar-refractivity contribution in [1.29, 1.82) is 0 Å². The van der Waals surface area contributed by atoms with Gasteiger partial charge in [0.15, 0.2) is 11.5 Å². The van der Waals surface area contributed by atoms with Gasteiger partial charge in [0, 0.05) is 18.4 Å². The van der Waals surface area contributed by atoms with Gasteiger partial charge >= 0.3 is 5.97 Å². The number of amides is 1. The van der Waals surface area contributed by atoms with Crippen molar-refractivity contribution >= 4 is 39.6 Å². The van der Waals surface area contributed by atoms with Crippen LogP contribution in [0.3, 0.4) is 0 Å². The Bertz CT molecular complexity index is 946. The molecular weight excluding hydrogens is 308 g/mol. The molecule has 7 nitrogen and oxygen atoms in total. The Hall–Kier alpha value is -2.96. The molecule has 0 aliphatic heterocycles. The fourth-order valence-electron chi connectivity index (χ4n) is 2.59. The fraction of sp³-hybridized carbons (Fsp3) is 0.294. The van der Waals surface area contributed by atoms with Gasteiger partial charge in [0.2, 0.25) is 5.91 Å². The molecule has 24 heavy (non-hydrogen) atoms. The predicted octanol–water partition coefficient (Wildman–Crippen LogP) is 2.72. The summed E-state index contributed by atoms with van der Waals surface area (Å²) in [7, 11) is 0. The molecule has 0 spiro atoms. The Morgan fingerprint density at radius 2 is 2.04 bits per heavy atom. The van der Waals surface area contributed by atoms with Gasteiger partial charge in [-0.2, -0.15) is 5.10 Å². The quantitative estimate of drug-likeness (QED) is 0.751. The van der Waals surface area contributed by atoms with Crippen LogP contribution in [0.15, 0.2) is 24.3 Å². The number of nitrogens with zero attached hydrogens (tertiary/aromatic N) is 3. The van der Waals surface area contributed by atoms with E-state index in [1.54, 1.807) is 4.68 Å². The first-order chi connectivity index (χ1) is 11.5. The molecule has 0 saturated heterocycles. The van der Waals surface area contributed by atoms with E-state index in [0.717, 1.165) is 21.9 Å². The highest BCUT2D eigenvalue weighted by molar-refractivity contribution is 6.03. The van der Waals surface area contributed by atoms with E-state index < -0.39 is 5.97 Å². The number of rotatable bonds is 5. The minimum atomic E-state index is -1.00. The Balaban J connectivity index is 2.03. The van der Waals surface area contributed by atoms with Gasteiger partial charge in [-0.25, -0.2) is 9.67 Å². The Morgan fingerprint density at radius 1 is 1.25 bits per heavy atom. The van der Waals surface area contributed by atoms with Gasteiger partial charge in [-0.3, -0.25) is 9.59 Å². The zero-order valence-electron chi connectivity index (χ0n) is 13.5. The normalized spacial score (nSPS) is 11.1. The number of aromatic nitrogens is 3. The van der Waals surface area contributed by atoms with Crippen molar-refractivity contribution in [3.8, 4) is 0 Å². The first kappa shape index (κ1) is 15.9. The summed E-state index contributed by atoms with van der Waals surface area (Å²) in [5, 5.41) is 17.5. The number of hydrogen-bond donors (Lipinski definition) is 2. The summed E-state index contributed by atoms with van der Waals surface area (Å²) < 4.78 is 1.73. The molecule has 0 radical (unpaired) electrons. The first-order valence-corrected chi connectivity index (χ1v) is 7.77. The largest absolute Gasteiger partial charge is 0.481 e. The number of carbonyl (C=O) groups excluding carboxylic acids is 1. The third kappa shape index (κ3) is 3.05. The maximum atomic E-state index is 11.9. The lowest BCUT2D eigenvalue weighted by molar-refractivity contribution is -0.138. The lowest BCUT2D eigenvalue weighted by atomic mass is 10.1. The van der Waals surface area contributed by atoms with Crippen LogP contribution in [0.2, 0.25) is 0 Å². The van der Waals surface area contributed by atoms with Crippen molar-refractivity contribution in [3.63, 3.8) is 0 Å². The second-order valence-electron chi connectivity index (χ2n) is 5.66. The molecule has 1 amide bonds. The van der Waals surface area contributed by atoms with Crippen LogP contribution in [0.25, 0.3) is 21.9 Å². The molecule has 1 aromatic carbocycles. The summed E-state index contributed by atoms with van der Waals surface area (Å²) in [5.41, 5.74) is 2.70. The zero-order chi connectivity index (χ0) is 17.3. The number of anilines is 1. The van der Waals surface area contributed by atoms with Crippen LogP contribution in [0.5, 0.6) is 0 Å². The summed E-state index contributed by atoms with van der Waals surface area (Å²) >= 11 is 0. The van der Waals surface area contributed by atoms with Crippen molar-refractivity contribution in [2.75, 3.05) is 5.32 Å². The number of aryl methyl sites for hydroxylation is 2. The van der Waals surface area contributed by atoms with Crippen LogP contribution in [0.1, 0.15) is 25.3 Å². The molecular formula is C17H18N4O3. The van der Waals surface area contributed by atoms with Gasteiger partial charge in [-0.05, 0) is 31.5 Å². The van der Waals surface area contributed by atoms with Gasteiger partial charge in [-0.15, -0.1) is 0 Å². The fourth-order valence-corrected chi connectivity index (χ4v) is 2.59. The van der Waals surface area contributed by atoms with Crippen molar-refractivity contribution in [3.05, 3.63) is 29.8 Å². The summed E-state index contributed by atoms with van der Waals surface area (Å²) in [5.74, 6) is -0.960. The number of nitrogens with one attached hydrogen (secondary N) is 1. The molecule has 2 N–H and O–H groups in total. The second kappa shape index (κ2) is 6.27. The maximum Gasteiger partial charge on any atom is 0.303 e. The number of carboxylic acids is 1. The van der Waals surface area contributed by atoms with E-state index in [2.05, 4.69) is 15.4 Å². The van der Waals surface area contributed by atoms with E-state index in [1.807, 2.05) is 38.1 Å². The number of benzene rings is 1. The number of hydrogen-bond acceptors (Lipinski definition) is 4. The Kier molecular flexibility index (Phi) is 4.16. The average molecular weight is 326 g/mol. The van der Waals surface area contributed by atoms with E-state index in [9.17, 15) is 9.59 Å². The molecule has 2 aromatic heterocycles. The molecule has 0 aliphatic rings. The van der Waals surface area contributed by atoms with Gasteiger partial charge in [-0.1, -0.05) is 12.1 Å². The summed E-state index contributed by atoms with van der Waals surface area (Å²) in [6.07, 6.45) is -0.297. The van der Waals surface area contributed by atoms with E-state index >= 15 is 0 Å². The Morgan fingerprint density at radius 3 is 2.75 bits per heavy atom. The van der Waals surface area contributed by atoms with Crippen molar-refractivity contribution in [1.82, 2.24) is 14.8 Å². The van der Waals surface area contributed by atoms with Gasteiger partial charge in [0.25, 0.3) is 0 Å². The minimum absolute atomic E-state index is 0.0873. The van der Waals surface area contributed by atoms with Gasteiger partial charge < -0.3 is 10.4 Å². The van der Waals surface area contributed by atoms with Crippen molar-refractivity contribution in [2.24, 2.45) is 0 Å². The van der Waals surface area contributed by atoms with Gasteiger partial charge in [0.1, 0.15) is 0 Å². The van der Waals surface area contributed by atoms with Crippen LogP contribution in [0, 0.1) is 6.92 Å². The monoisotopic (exact) mass is 326 g/mol. The molecule has 0 atom stereocenters. The zero-order valence-corrected chi connectivity index (χ0v) is 13.5. The van der Waals surface area contributed by atoms with Crippen LogP contribution >= 0.6 is 0 Å². The standard InChI is InChI=1S/C17H18N4O3/c1-3-21-17-12(9-11-5-4-10(2)8-13(11)18-17)16(20-21)19-14(22)6-7-15(23)24/h4-5,8-9H,3,6-7H2,1-2H3,(H,23,24)(H,19,20,22). The highest BCUT2D eigenvalue weighted by Crippen LogP contribution is 2.26. The summed E-state index contributed by atoms with van der Waals surface area (Å²) in [6.45, 7) is 4.58. The van der Waals surface area contributed by atoms with E-state index in [-0.39, 0.29) is 18.7 Å². The van der Waals surface area contributed by atoms with E-state index in [0.29, 0.717) is 18.0 Å². The summed E-state index contributed by atoms with van der Waals surface area (Å²) in [6, 6.07) is 7.94. The number of pyridine rings is 1. The lowest BCUT2D eigenvalue weighted by Gasteiger charge is -2.02. The SMILES string of the molecule is CCn1nc(NC(=O)CCC(=O)O)c2cc3ccc(C)cc3nc21. The first-order valence-electron chi connectivity index (χ1n) is 7.77. The smallest absolute Gasteiger partial charge is 0.303 e. The van der Waals surface area contributed by atoms with Crippen molar-refractivity contribution in [2.45, 2.75) is 33.2 Å². The van der Waals surface area contributed by atoms with Crippen LogP contribution < -0.4 is 5.32 Å². The second-order valence-corrected chi connectivity index (χ2v) is 5.66. The predicted molar refractivity (Wildman–Crippen MR) is 90.9 cm³/mol. The molecule has 2 heterocycles. The van der Waals surface area contributed by atoms with Gasteiger partial charge in [0.05, 0.1) is 17.3 Å². The van der Waals surface area contributed by atoms with E-state index in [4.69, 9.17) is 5.11 Å². The molecule has 3 aromatic rings. The molecule has 3 rings (SSSR count). The number of carboxylic acid groups (broad SMARTS) is 1. The molecule has 7 heteroatoms. The van der Waals surface area contributed by atoms with Crippen LogP contribution in [-0.4, -0.2) is 31.7 Å². The molecule has 124 valence electrons. The molecule has 0 aliphatic carbocycles. The maximum absolute atomic E-state index is 11.9. The van der Waals surface area contributed by atoms with Crippen LogP contribution in [-0.2, 0) is 16.1 Å². The topological polar surface area (TPSA) is 97.1 Å². The minimum Gasteiger partial charge on any atom is -0.481 e. The molecule has 0 unspecified atom stereocenters. The third-order valence-electron chi connectivity index (χ3n) is 3.80. The molecule has 0 bridgehead atoms. The lowest BCUT2D eigenvalue weighted by Crippen LogP contribution is -2.14. The van der Waals surface area contributed by atoms with Crippen molar-refractivity contribution < 1.29 is 14.7 Å². The number of aliphatic carboxylic acids is 1. The van der Waals surface area contributed by atoms with Crippen LogP contribution in [0.4, 0.5) is 5.82 Å². The Labute approximate surface area is 138 Å². The molecule has 0 fully saturated rings. The van der Waals surface area contributed by atoms with E-state index in [1.165, 1.54) is 0 Å². The highest BCUT2D eigenvalue weighted by Gasteiger charge is 2.15. The third-order valence-corrected chi connectivity index (χ3v) is 3.80. The average Bonchev–Trinajstić information content (AvgIpc) is 2.87. The highest BCUT2D eigenvalue weighted by atomic mass is 16.4. The summed E-state index contributed by atoms with van der Waals surface area (Å²) in [4.78, 5) is 27.2.